The van der Waals surface area contributed by atoms with Gasteiger partial charge in [-0.25, -0.2) is 0 Å². The number of aliphatic hydroxyl groups is 1. The zero-order valence-electron chi connectivity index (χ0n) is 20.0. The zero-order valence-corrected chi connectivity index (χ0v) is 20.0. The van der Waals surface area contributed by atoms with Crippen molar-refractivity contribution < 1.29 is 33.5 Å². The minimum atomic E-state index is -1.74. The topological polar surface area (TPSA) is 105 Å². The van der Waals surface area contributed by atoms with Crippen LogP contribution in [0.1, 0.15) is 35.2 Å². The number of hydrogen-bond acceptors (Lipinski definition) is 6. The molecule has 0 aliphatic carbocycles. The molecule has 5 rings (SSSR count). The number of carbonyl (C=O) groups is 3. The number of quaternary nitrogens is 1. The van der Waals surface area contributed by atoms with Crippen LogP contribution in [0.2, 0.25) is 0 Å². The van der Waals surface area contributed by atoms with Gasteiger partial charge in [0.05, 0.1) is 37.6 Å². The fraction of sp³-hybridized carbons (Fsp3) is 0.423. The molecular formula is C26H30N3O6+. The standard InChI is InChI=1S/C26H29N3O6/c1-3-10-28-19-7-5-4-6-18(19)26(25(28)33)21(22(30)20-9-8-17(2)35-20)23(31)24(32)29(26)12-11-27-13-15-34-16-14-27/h4-9,31H,3,10-16H2,1-2H3/p+1/t26-/m1/s1. The molecule has 9 heteroatoms. The van der Waals surface area contributed by atoms with Gasteiger partial charge in [-0.15, -0.1) is 0 Å². The Balaban J connectivity index is 1.66. The summed E-state index contributed by atoms with van der Waals surface area (Å²) in [5.41, 5.74) is -0.799. The van der Waals surface area contributed by atoms with Gasteiger partial charge in [-0.05, 0) is 31.5 Å². The van der Waals surface area contributed by atoms with Gasteiger partial charge in [0, 0.05) is 12.1 Å². The van der Waals surface area contributed by atoms with Crippen LogP contribution in [0.4, 0.5) is 5.69 Å². The number of ketones is 1. The van der Waals surface area contributed by atoms with Crippen LogP contribution in [-0.2, 0) is 19.9 Å². The number of furan rings is 1. The fourth-order valence-electron chi connectivity index (χ4n) is 5.48. The van der Waals surface area contributed by atoms with Crippen molar-refractivity contribution in [3.05, 3.63) is 64.8 Å². The smallest absolute Gasteiger partial charge is 0.290 e. The van der Waals surface area contributed by atoms with E-state index < -0.39 is 28.9 Å². The lowest BCUT2D eigenvalue weighted by Crippen LogP contribution is -3.14. The quantitative estimate of drug-likeness (QED) is 0.573. The third-order valence-corrected chi connectivity index (χ3v) is 7.12. The van der Waals surface area contributed by atoms with Crippen molar-refractivity contribution in [1.82, 2.24) is 4.90 Å². The molecule has 0 saturated carbocycles. The van der Waals surface area contributed by atoms with Gasteiger partial charge < -0.3 is 29.0 Å². The van der Waals surface area contributed by atoms with Crippen molar-refractivity contribution in [3.8, 4) is 0 Å². The Morgan fingerprint density at radius 3 is 2.54 bits per heavy atom. The largest absolute Gasteiger partial charge is 0.503 e. The Bertz CT molecular complexity index is 1210. The summed E-state index contributed by atoms with van der Waals surface area (Å²) in [6.45, 7) is 7.70. The van der Waals surface area contributed by atoms with Crippen LogP contribution >= 0.6 is 0 Å². The number of nitrogens with one attached hydrogen (secondary N) is 1. The fourth-order valence-corrected chi connectivity index (χ4v) is 5.48. The number of fused-ring (bicyclic) bond motifs is 2. The summed E-state index contributed by atoms with van der Waals surface area (Å²) in [6, 6.07) is 10.3. The molecule has 3 aliphatic rings. The summed E-state index contributed by atoms with van der Waals surface area (Å²) in [5.74, 6) is -1.97. The number of para-hydroxylation sites is 1. The molecule has 0 bridgehead atoms. The van der Waals surface area contributed by atoms with Crippen molar-refractivity contribution in [2.75, 3.05) is 50.8 Å². The number of carbonyl (C=O) groups excluding carboxylic acids is 3. The van der Waals surface area contributed by atoms with Crippen molar-refractivity contribution in [2.24, 2.45) is 0 Å². The van der Waals surface area contributed by atoms with E-state index in [4.69, 9.17) is 9.15 Å². The molecule has 2 N–H and O–H groups in total. The van der Waals surface area contributed by atoms with Crippen molar-refractivity contribution in [1.29, 1.82) is 0 Å². The average Bonchev–Trinajstić information content (AvgIpc) is 3.48. The summed E-state index contributed by atoms with van der Waals surface area (Å²) in [6.07, 6.45) is 0.693. The van der Waals surface area contributed by atoms with E-state index in [1.54, 1.807) is 30.0 Å². The molecule has 1 spiro atoms. The molecule has 0 radical (unpaired) electrons. The Morgan fingerprint density at radius 1 is 1.11 bits per heavy atom. The molecule has 3 aliphatic heterocycles. The van der Waals surface area contributed by atoms with Gasteiger partial charge in [-0.2, -0.15) is 0 Å². The third-order valence-electron chi connectivity index (χ3n) is 7.12. The van der Waals surface area contributed by atoms with Crippen LogP contribution in [0.5, 0.6) is 0 Å². The van der Waals surface area contributed by atoms with E-state index in [-0.39, 0.29) is 17.9 Å². The van der Waals surface area contributed by atoms with E-state index >= 15 is 0 Å². The van der Waals surface area contributed by atoms with Crippen LogP contribution in [0.15, 0.2) is 52.1 Å². The number of morpholine rings is 1. The molecule has 1 saturated heterocycles. The number of rotatable bonds is 7. The molecule has 2 aromatic rings. The normalized spacial score (nSPS) is 22.6. The van der Waals surface area contributed by atoms with Gasteiger partial charge in [0.25, 0.3) is 11.8 Å². The van der Waals surface area contributed by atoms with Gasteiger partial charge in [-0.1, -0.05) is 25.1 Å². The number of benzene rings is 1. The first-order chi connectivity index (χ1) is 16.9. The molecule has 184 valence electrons. The average molecular weight is 481 g/mol. The second-order valence-electron chi connectivity index (χ2n) is 9.22. The molecule has 0 unspecified atom stereocenters. The Labute approximate surface area is 203 Å². The highest BCUT2D eigenvalue weighted by molar-refractivity contribution is 6.25. The molecular weight excluding hydrogens is 450 g/mol. The molecule has 1 fully saturated rings. The maximum absolute atomic E-state index is 14.3. The molecule has 1 aromatic carbocycles. The molecule has 1 aromatic heterocycles. The number of aryl methyl sites for hydroxylation is 1. The summed E-state index contributed by atoms with van der Waals surface area (Å²) < 4.78 is 11.0. The predicted molar refractivity (Wildman–Crippen MR) is 126 cm³/mol. The number of aliphatic hydroxyl groups excluding tert-OH is 1. The van der Waals surface area contributed by atoms with Crippen LogP contribution in [-0.4, -0.2) is 73.5 Å². The minimum absolute atomic E-state index is 0.0175. The Hall–Kier alpha value is -3.43. The van der Waals surface area contributed by atoms with E-state index in [1.165, 1.54) is 15.9 Å². The van der Waals surface area contributed by atoms with E-state index in [1.807, 2.05) is 19.1 Å². The zero-order chi connectivity index (χ0) is 24.7. The van der Waals surface area contributed by atoms with E-state index in [2.05, 4.69) is 0 Å². The first-order valence-corrected chi connectivity index (χ1v) is 12.1. The van der Waals surface area contributed by atoms with E-state index in [0.717, 1.165) is 13.1 Å². The lowest BCUT2D eigenvalue weighted by Gasteiger charge is -2.36. The highest BCUT2D eigenvalue weighted by atomic mass is 16.5. The maximum atomic E-state index is 14.3. The number of ether oxygens (including phenoxy) is 1. The van der Waals surface area contributed by atoms with Gasteiger partial charge >= 0.3 is 0 Å². The minimum Gasteiger partial charge on any atom is -0.503 e. The molecule has 2 amide bonds. The Kier molecular flexibility index (Phi) is 5.98. The maximum Gasteiger partial charge on any atom is 0.290 e. The van der Waals surface area contributed by atoms with Gasteiger partial charge in [0.2, 0.25) is 5.78 Å². The van der Waals surface area contributed by atoms with Crippen LogP contribution in [0, 0.1) is 6.92 Å². The number of Topliss-reactive ketones (excluding diaryl/α,β-unsaturated/α-hetero) is 1. The van der Waals surface area contributed by atoms with Crippen molar-refractivity contribution in [3.63, 3.8) is 0 Å². The highest BCUT2D eigenvalue weighted by Gasteiger charge is 2.66. The predicted octanol–water partition coefficient (Wildman–Crippen LogP) is 0.992. The van der Waals surface area contributed by atoms with Gasteiger partial charge in [0.15, 0.2) is 17.1 Å². The van der Waals surface area contributed by atoms with Crippen molar-refractivity contribution in [2.45, 2.75) is 25.8 Å². The second kappa shape index (κ2) is 8.98. The lowest BCUT2D eigenvalue weighted by atomic mass is 9.81. The number of amides is 2. The lowest BCUT2D eigenvalue weighted by molar-refractivity contribution is -0.907. The molecule has 1 atom stereocenters. The van der Waals surface area contributed by atoms with Crippen LogP contribution in [0.25, 0.3) is 0 Å². The number of hydrogen-bond donors (Lipinski definition) is 2. The summed E-state index contributed by atoms with van der Waals surface area (Å²) >= 11 is 0. The summed E-state index contributed by atoms with van der Waals surface area (Å²) in [4.78, 5) is 45.8. The van der Waals surface area contributed by atoms with Crippen LogP contribution < -0.4 is 9.80 Å². The summed E-state index contributed by atoms with van der Waals surface area (Å²) in [7, 11) is 0. The second-order valence-corrected chi connectivity index (χ2v) is 9.22. The first-order valence-electron chi connectivity index (χ1n) is 12.1. The first kappa shape index (κ1) is 23.3. The SMILES string of the molecule is CCCN1C(=O)[C@]2(C(C(=O)c3ccc(C)o3)=C(O)C(=O)N2CC[NH+]2CCOCC2)c2ccccc21. The Morgan fingerprint density at radius 2 is 1.86 bits per heavy atom. The number of anilines is 1. The summed E-state index contributed by atoms with van der Waals surface area (Å²) in [5, 5.41) is 11.1. The third kappa shape index (κ3) is 3.49. The molecule has 4 heterocycles. The van der Waals surface area contributed by atoms with Crippen LogP contribution in [0.3, 0.4) is 0 Å². The van der Waals surface area contributed by atoms with Gasteiger partial charge in [-0.3, -0.25) is 14.4 Å². The monoisotopic (exact) mass is 480 g/mol. The molecule has 35 heavy (non-hydrogen) atoms. The number of nitrogens with zero attached hydrogens (tertiary/aromatic N) is 2. The van der Waals surface area contributed by atoms with Gasteiger partial charge in [0.1, 0.15) is 18.8 Å². The van der Waals surface area contributed by atoms with E-state index in [9.17, 15) is 19.5 Å². The highest BCUT2D eigenvalue weighted by Crippen LogP contribution is 2.53. The molecule has 9 nitrogen and oxygen atoms in total. The van der Waals surface area contributed by atoms with Crippen molar-refractivity contribution >= 4 is 23.3 Å². The van der Waals surface area contributed by atoms with E-state index in [0.29, 0.717) is 49.7 Å².